The zero-order valence-electron chi connectivity index (χ0n) is 22.5. The second-order valence-electron chi connectivity index (χ2n) is 11.5. The van der Waals surface area contributed by atoms with Crippen molar-refractivity contribution in [3.63, 3.8) is 0 Å². The van der Waals surface area contributed by atoms with Crippen molar-refractivity contribution >= 4 is 25.6 Å². The van der Waals surface area contributed by atoms with Gasteiger partial charge >= 0.3 is 18.0 Å². The molecule has 236 valence electrons. The van der Waals surface area contributed by atoms with E-state index in [9.17, 15) is 52.4 Å². The van der Waals surface area contributed by atoms with Crippen LogP contribution in [0, 0.1) is 11.8 Å². The maximum absolute atomic E-state index is 14.9. The minimum absolute atomic E-state index is 0.0240. The van der Waals surface area contributed by atoms with Crippen LogP contribution in [0.1, 0.15) is 48.8 Å². The molecule has 0 unspecified atom stereocenters. The molecular weight excluding hydrogens is 627 g/mol. The Morgan fingerprint density at radius 1 is 0.860 bits per heavy atom. The number of fused-ring (bicyclic) bond motifs is 3. The van der Waals surface area contributed by atoms with E-state index in [1.807, 2.05) is 0 Å². The van der Waals surface area contributed by atoms with Gasteiger partial charge in [0.2, 0.25) is 5.91 Å². The number of benzene rings is 2. The van der Waals surface area contributed by atoms with Crippen molar-refractivity contribution in [2.24, 2.45) is 11.8 Å². The van der Waals surface area contributed by atoms with Crippen molar-refractivity contribution in [1.29, 1.82) is 0 Å². The molecule has 2 aromatic carbocycles. The molecule has 3 aliphatic rings. The Labute approximate surface area is 243 Å². The van der Waals surface area contributed by atoms with Crippen LogP contribution in [0.2, 0.25) is 0 Å². The summed E-state index contributed by atoms with van der Waals surface area (Å²) in [6, 6.07) is 8.12. The van der Waals surface area contributed by atoms with Crippen molar-refractivity contribution in [1.82, 2.24) is 5.32 Å². The van der Waals surface area contributed by atoms with E-state index in [1.54, 1.807) is 6.07 Å². The molecule has 0 radical (unpaired) electrons. The molecule has 15 heteroatoms. The summed E-state index contributed by atoms with van der Waals surface area (Å²) < 4.78 is 147. The average molecular weight is 656 g/mol. The Kier molecular flexibility index (Phi) is 7.71. The summed E-state index contributed by atoms with van der Waals surface area (Å²) >= 11 is 0. The lowest BCUT2D eigenvalue weighted by molar-refractivity contribution is -0.348. The van der Waals surface area contributed by atoms with Crippen LogP contribution < -0.4 is 5.32 Å². The highest BCUT2D eigenvalue weighted by Crippen LogP contribution is 2.59. The predicted octanol–water partition coefficient (Wildman–Crippen LogP) is 5.31. The number of amides is 1. The van der Waals surface area contributed by atoms with Gasteiger partial charge < -0.3 is 5.32 Å². The first-order valence-corrected chi connectivity index (χ1v) is 16.9. The van der Waals surface area contributed by atoms with E-state index in [2.05, 4.69) is 5.32 Å². The molecule has 0 aromatic heterocycles. The molecular formula is C28H28F7NO5S2. The lowest BCUT2D eigenvalue weighted by Gasteiger charge is -2.43. The third kappa shape index (κ3) is 5.03. The Balaban J connectivity index is 1.59. The first kappa shape index (κ1) is 31.7. The summed E-state index contributed by atoms with van der Waals surface area (Å²) in [5.41, 5.74) is -7.53. The molecule has 1 amide bonds. The molecule has 1 saturated carbocycles. The van der Waals surface area contributed by atoms with Gasteiger partial charge in [-0.25, -0.2) is 21.2 Å². The van der Waals surface area contributed by atoms with E-state index in [4.69, 9.17) is 0 Å². The van der Waals surface area contributed by atoms with Crippen molar-refractivity contribution in [2.45, 2.75) is 72.2 Å². The minimum Gasteiger partial charge on any atom is -0.353 e. The van der Waals surface area contributed by atoms with Gasteiger partial charge in [-0.3, -0.25) is 4.79 Å². The Morgan fingerprint density at radius 3 is 2.05 bits per heavy atom. The molecule has 0 bridgehead atoms. The third-order valence-corrected chi connectivity index (χ3v) is 13.5. The van der Waals surface area contributed by atoms with E-state index in [0.717, 1.165) is 6.07 Å². The smallest absolute Gasteiger partial charge is 0.353 e. The number of alkyl halides is 7. The minimum atomic E-state index is -6.33. The van der Waals surface area contributed by atoms with Crippen molar-refractivity contribution in [3.8, 4) is 0 Å². The topological polar surface area (TPSA) is 97.4 Å². The third-order valence-electron chi connectivity index (χ3n) is 9.16. The lowest BCUT2D eigenvalue weighted by Crippen LogP contribution is -2.51. The van der Waals surface area contributed by atoms with Crippen LogP contribution in [0.4, 0.5) is 30.7 Å². The highest BCUT2D eigenvalue weighted by atomic mass is 32.2. The van der Waals surface area contributed by atoms with Crippen LogP contribution in [0.3, 0.4) is 0 Å². The van der Waals surface area contributed by atoms with Gasteiger partial charge in [0.25, 0.3) is 0 Å². The van der Waals surface area contributed by atoms with Crippen LogP contribution in [0.25, 0.3) is 0 Å². The van der Waals surface area contributed by atoms with E-state index >= 15 is 0 Å². The monoisotopic (exact) mass is 655 g/mol. The van der Waals surface area contributed by atoms with Gasteiger partial charge in [0.15, 0.2) is 9.84 Å². The van der Waals surface area contributed by atoms with Gasteiger partial charge in [-0.1, -0.05) is 36.4 Å². The Morgan fingerprint density at radius 2 is 1.47 bits per heavy atom. The van der Waals surface area contributed by atoms with E-state index in [0.29, 0.717) is 12.1 Å². The number of halogens is 7. The van der Waals surface area contributed by atoms with Gasteiger partial charge in [0, 0.05) is 23.4 Å². The highest BCUT2D eigenvalue weighted by molar-refractivity contribution is 7.92. The fourth-order valence-electron chi connectivity index (χ4n) is 6.99. The normalized spacial score (nSPS) is 26.4. The summed E-state index contributed by atoms with van der Waals surface area (Å²) in [5, 5.41) is 2.87. The Hall–Kier alpha value is -2.68. The molecule has 1 saturated heterocycles. The number of aryl methyl sites for hydroxylation is 1. The standard InChI is InChI=1S/C28H28F7NO5S2/c29-26(27(30,31)32,28(33,34)35)19-7-9-21-18(16-19)6-8-22-23(36-24(37)17-11-14-42(38,39)15-12-17)10-13-25(21,22)43(40,41)20-4-2-1-3-5-20/h1-5,7,9,16-17,22-23H,6,8,10-15H2,(H,36,37)/t22-,23+,25+/m0/s1. The number of hydrogen-bond donors (Lipinski definition) is 1. The maximum Gasteiger partial charge on any atom is 0.435 e. The summed E-state index contributed by atoms with van der Waals surface area (Å²) in [5.74, 6) is -2.18. The lowest BCUT2D eigenvalue weighted by atomic mass is 9.73. The molecule has 3 atom stereocenters. The van der Waals surface area contributed by atoms with Gasteiger partial charge in [0.05, 0.1) is 16.4 Å². The number of carbonyl (C=O) groups excluding carboxylic acids is 1. The van der Waals surface area contributed by atoms with Crippen molar-refractivity contribution in [3.05, 3.63) is 65.2 Å². The summed E-state index contributed by atoms with van der Waals surface area (Å²) in [7, 11) is -7.60. The van der Waals surface area contributed by atoms with E-state index < -0.39 is 71.8 Å². The molecule has 0 spiro atoms. The fourth-order valence-corrected chi connectivity index (χ4v) is 11.0. The molecule has 2 aromatic rings. The molecule has 43 heavy (non-hydrogen) atoms. The highest BCUT2D eigenvalue weighted by Gasteiger charge is 2.73. The van der Waals surface area contributed by atoms with Crippen LogP contribution >= 0.6 is 0 Å². The molecule has 1 aliphatic heterocycles. The number of hydrogen-bond acceptors (Lipinski definition) is 5. The van der Waals surface area contributed by atoms with Crippen LogP contribution in [-0.2, 0) is 41.3 Å². The van der Waals surface area contributed by atoms with Gasteiger partial charge in [-0.05, 0) is 61.8 Å². The number of carbonyl (C=O) groups is 1. The largest absolute Gasteiger partial charge is 0.435 e. The quantitative estimate of drug-likeness (QED) is 0.441. The molecule has 6 nitrogen and oxygen atoms in total. The zero-order chi connectivity index (χ0) is 31.6. The molecule has 1 heterocycles. The van der Waals surface area contributed by atoms with Crippen LogP contribution in [0.5, 0.6) is 0 Å². The maximum atomic E-state index is 14.9. The molecule has 5 rings (SSSR count). The molecule has 2 aliphatic carbocycles. The number of sulfone groups is 2. The predicted molar refractivity (Wildman–Crippen MR) is 141 cm³/mol. The summed E-state index contributed by atoms with van der Waals surface area (Å²) in [6.45, 7) is 0. The van der Waals surface area contributed by atoms with Crippen molar-refractivity contribution in [2.75, 3.05) is 11.5 Å². The number of rotatable bonds is 5. The van der Waals surface area contributed by atoms with E-state index in [1.165, 1.54) is 24.3 Å². The molecule has 2 fully saturated rings. The SMILES string of the molecule is O=C(N[C@@H]1CC[C@@]2(S(=O)(=O)c3ccccc3)c3ccc(C(F)(C(F)(F)F)C(F)(F)F)cc3CC[C@@H]12)C1CCS(=O)(=O)CC1. The van der Waals surface area contributed by atoms with Gasteiger partial charge in [0.1, 0.15) is 14.6 Å². The van der Waals surface area contributed by atoms with Gasteiger partial charge in [-0.15, -0.1) is 0 Å². The fraction of sp³-hybridized carbons (Fsp3) is 0.536. The Bertz CT molecular complexity index is 1600. The zero-order valence-corrected chi connectivity index (χ0v) is 24.1. The van der Waals surface area contributed by atoms with Crippen molar-refractivity contribution < 1.29 is 52.4 Å². The van der Waals surface area contributed by atoms with E-state index in [-0.39, 0.29) is 66.1 Å². The average Bonchev–Trinajstić information content (AvgIpc) is 3.31. The second-order valence-corrected chi connectivity index (χ2v) is 16.0. The first-order chi connectivity index (χ1) is 19.8. The number of nitrogens with one attached hydrogen (secondary N) is 1. The summed E-state index contributed by atoms with van der Waals surface area (Å²) in [6.07, 6.45) is -12.6. The van der Waals surface area contributed by atoms with Gasteiger partial charge in [-0.2, -0.15) is 26.3 Å². The first-order valence-electron chi connectivity index (χ1n) is 13.6. The van der Waals surface area contributed by atoms with Crippen LogP contribution in [0.15, 0.2) is 53.4 Å². The van der Waals surface area contributed by atoms with Crippen LogP contribution in [-0.4, -0.2) is 52.6 Å². The second kappa shape index (κ2) is 10.5. The molecule has 1 N–H and O–H groups in total. The summed E-state index contributed by atoms with van der Waals surface area (Å²) in [4.78, 5) is 13.0.